The van der Waals surface area contributed by atoms with Crippen molar-refractivity contribution in [3.8, 4) is 34.0 Å². The van der Waals surface area contributed by atoms with E-state index in [0.29, 0.717) is 5.82 Å². The van der Waals surface area contributed by atoms with Crippen molar-refractivity contribution in [2.75, 3.05) is 0 Å². The zero-order valence-corrected chi connectivity index (χ0v) is 38.9. The highest BCUT2D eigenvalue weighted by Gasteiger charge is 2.44. The average molecular weight is 911 g/mol. The molecule has 0 unspecified atom stereocenters. The molecule has 0 saturated heterocycles. The average Bonchev–Trinajstić information content (AvgIpc) is 4.10. The van der Waals surface area contributed by atoms with E-state index in [1.54, 1.807) is 0 Å². The summed E-state index contributed by atoms with van der Waals surface area (Å²) in [5.74, 6) is 0.667. The number of aromatic nitrogens is 4. The van der Waals surface area contributed by atoms with E-state index in [0.717, 1.165) is 61.2 Å². The molecule has 0 aliphatic rings. The molecule has 0 bridgehead atoms. The summed E-state index contributed by atoms with van der Waals surface area (Å²) in [4.78, 5) is 10.3. The summed E-state index contributed by atoms with van der Waals surface area (Å²) >= 11 is 0. The molecule has 0 fully saturated rings. The molecule has 328 valence electrons. The maximum Gasteiger partial charge on any atom is 0.184 e. The van der Waals surface area contributed by atoms with Crippen LogP contribution in [0.4, 0.5) is 0 Å². The van der Waals surface area contributed by atoms with Crippen molar-refractivity contribution in [1.82, 2.24) is 19.1 Å². The molecule has 0 amide bonds. The van der Waals surface area contributed by atoms with Crippen molar-refractivity contribution in [2.45, 2.75) is 0 Å². The van der Waals surface area contributed by atoms with Gasteiger partial charge in [-0.3, -0.25) is 0 Å². The summed E-state index contributed by atoms with van der Waals surface area (Å²) in [6.07, 6.45) is 1.89. The summed E-state index contributed by atoms with van der Waals surface area (Å²) in [6.45, 7) is 0. The van der Waals surface area contributed by atoms with Crippen LogP contribution in [0.2, 0.25) is 0 Å². The van der Waals surface area contributed by atoms with Gasteiger partial charge in [0.2, 0.25) is 0 Å². The van der Waals surface area contributed by atoms with Crippen LogP contribution >= 0.6 is 0 Å². The van der Waals surface area contributed by atoms with E-state index in [2.05, 4.69) is 246 Å². The molecule has 0 aliphatic carbocycles. The van der Waals surface area contributed by atoms with Gasteiger partial charge >= 0.3 is 0 Å². The van der Waals surface area contributed by atoms with Gasteiger partial charge in [-0.25, -0.2) is 9.97 Å². The molecular formula is C64H42N4OSi. The van der Waals surface area contributed by atoms with Gasteiger partial charge in [0.1, 0.15) is 11.2 Å². The van der Waals surface area contributed by atoms with Crippen molar-refractivity contribution in [3.63, 3.8) is 0 Å². The first-order chi connectivity index (χ1) is 34.7. The monoisotopic (exact) mass is 910 g/mol. The van der Waals surface area contributed by atoms with Gasteiger partial charge in [0.05, 0.1) is 27.8 Å². The standard InChI is InChI=1S/C64H42N4OSi/c1-3-21-47(22-4-1)70(48-23-5-2-6-24-48,62-35-17-30-54-53-29-10-14-34-61(53)69-63(54)62)49-25-16-18-43(41-49)56-38-39-65-64(66-56)44-19-15-20-45(40-44)67-59-33-13-9-28-52(59)55-42-46(36-37-60(55)67)68-57-31-11-7-26-50(57)51-27-8-12-32-58(51)68/h1-42H. The minimum Gasteiger partial charge on any atom is -0.456 e. The van der Waals surface area contributed by atoms with Crippen LogP contribution in [0.1, 0.15) is 0 Å². The summed E-state index contributed by atoms with van der Waals surface area (Å²) in [5, 5.41) is 12.2. The molecular weight excluding hydrogens is 869 g/mol. The van der Waals surface area contributed by atoms with E-state index in [4.69, 9.17) is 14.4 Å². The van der Waals surface area contributed by atoms with Gasteiger partial charge in [-0.1, -0.05) is 188 Å². The third-order valence-corrected chi connectivity index (χ3v) is 19.1. The summed E-state index contributed by atoms with van der Waals surface area (Å²) in [5.41, 5.74) is 11.5. The van der Waals surface area contributed by atoms with Crippen molar-refractivity contribution in [2.24, 2.45) is 0 Å². The molecule has 0 aliphatic heterocycles. The van der Waals surface area contributed by atoms with Gasteiger partial charge in [-0.05, 0) is 81.4 Å². The second-order valence-electron chi connectivity index (χ2n) is 18.1. The zero-order chi connectivity index (χ0) is 46.2. The fourth-order valence-electron chi connectivity index (χ4n) is 11.3. The maximum atomic E-state index is 6.88. The van der Waals surface area contributed by atoms with E-state index in [9.17, 15) is 0 Å². The van der Waals surface area contributed by atoms with Gasteiger partial charge in [-0.2, -0.15) is 0 Å². The normalized spacial score (nSPS) is 12.0. The quantitative estimate of drug-likeness (QED) is 0.113. The van der Waals surface area contributed by atoms with Gasteiger partial charge in [-0.15, -0.1) is 0 Å². The van der Waals surface area contributed by atoms with Crippen molar-refractivity contribution in [3.05, 3.63) is 255 Å². The van der Waals surface area contributed by atoms with Crippen LogP contribution in [0.15, 0.2) is 259 Å². The fraction of sp³-hybridized carbons (Fsp3) is 0. The van der Waals surface area contributed by atoms with Crippen molar-refractivity contribution < 1.29 is 4.42 Å². The lowest BCUT2D eigenvalue weighted by Gasteiger charge is -2.34. The lowest BCUT2D eigenvalue weighted by atomic mass is 10.1. The molecule has 14 aromatic rings. The Morgan fingerprint density at radius 2 is 0.886 bits per heavy atom. The molecule has 4 heterocycles. The van der Waals surface area contributed by atoms with Crippen LogP contribution in [-0.4, -0.2) is 27.2 Å². The Kier molecular flexibility index (Phi) is 9.15. The molecule has 14 rings (SSSR count). The number of nitrogens with zero attached hydrogens (tertiary/aromatic N) is 4. The fourth-order valence-corrected chi connectivity index (χ4v) is 16.2. The van der Waals surface area contributed by atoms with Crippen LogP contribution < -0.4 is 20.7 Å². The predicted octanol–water partition coefficient (Wildman–Crippen LogP) is 13.3. The number of rotatable bonds is 8. The highest BCUT2D eigenvalue weighted by molar-refractivity contribution is 7.20. The highest BCUT2D eigenvalue weighted by atomic mass is 28.3. The van der Waals surface area contributed by atoms with E-state index >= 15 is 0 Å². The van der Waals surface area contributed by atoms with Crippen molar-refractivity contribution >= 4 is 94.4 Å². The molecule has 0 N–H and O–H groups in total. The first kappa shape index (κ1) is 40.0. The van der Waals surface area contributed by atoms with Gasteiger partial charge < -0.3 is 13.6 Å². The molecule has 5 nitrogen and oxygen atoms in total. The number of benzene rings is 10. The first-order valence-corrected chi connectivity index (χ1v) is 25.8. The molecule has 10 aromatic carbocycles. The van der Waals surface area contributed by atoms with Crippen LogP contribution in [0.5, 0.6) is 0 Å². The van der Waals surface area contributed by atoms with Crippen LogP contribution in [0, 0.1) is 0 Å². The molecule has 6 heteroatoms. The summed E-state index contributed by atoms with van der Waals surface area (Å²) in [7, 11) is -3.04. The largest absolute Gasteiger partial charge is 0.456 e. The second kappa shape index (κ2) is 16.0. The lowest BCUT2D eigenvalue weighted by molar-refractivity contribution is 0.671. The number of para-hydroxylation sites is 5. The third kappa shape index (κ3) is 6.10. The van der Waals surface area contributed by atoms with Crippen molar-refractivity contribution in [1.29, 1.82) is 0 Å². The maximum absolute atomic E-state index is 6.88. The van der Waals surface area contributed by atoms with E-state index < -0.39 is 8.07 Å². The third-order valence-electron chi connectivity index (χ3n) is 14.3. The summed E-state index contributed by atoms with van der Waals surface area (Å²) < 4.78 is 11.6. The molecule has 0 atom stereocenters. The molecule has 0 radical (unpaired) electrons. The van der Waals surface area contributed by atoms with Crippen LogP contribution in [-0.2, 0) is 0 Å². The topological polar surface area (TPSA) is 48.8 Å². The minimum atomic E-state index is -3.04. The van der Waals surface area contributed by atoms with Gasteiger partial charge in [0, 0.05) is 61.0 Å². The molecule has 4 aromatic heterocycles. The molecule has 0 saturated carbocycles. The Morgan fingerprint density at radius 3 is 1.59 bits per heavy atom. The van der Waals surface area contributed by atoms with Crippen LogP contribution in [0.25, 0.3) is 99.6 Å². The zero-order valence-electron chi connectivity index (χ0n) is 37.9. The van der Waals surface area contributed by atoms with Gasteiger partial charge in [0.15, 0.2) is 13.9 Å². The number of furan rings is 1. The molecule has 0 spiro atoms. The summed E-state index contributed by atoms with van der Waals surface area (Å²) in [6, 6.07) is 89.8. The van der Waals surface area contributed by atoms with E-state index in [1.807, 2.05) is 18.3 Å². The van der Waals surface area contributed by atoms with Gasteiger partial charge in [0.25, 0.3) is 0 Å². The van der Waals surface area contributed by atoms with E-state index in [1.165, 1.54) is 53.3 Å². The van der Waals surface area contributed by atoms with E-state index in [-0.39, 0.29) is 0 Å². The highest BCUT2D eigenvalue weighted by Crippen LogP contribution is 2.38. The Labute approximate surface area is 404 Å². The number of hydrogen-bond donors (Lipinski definition) is 0. The minimum absolute atomic E-state index is 0.667. The Morgan fingerprint density at radius 1 is 0.357 bits per heavy atom. The smallest absolute Gasteiger partial charge is 0.184 e. The number of fused-ring (bicyclic) bond motifs is 9. The molecule has 70 heavy (non-hydrogen) atoms. The number of hydrogen-bond acceptors (Lipinski definition) is 3. The first-order valence-electron chi connectivity index (χ1n) is 23.8. The predicted molar refractivity (Wildman–Crippen MR) is 292 cm³/mol. The Hall–Kier alpha value is -9.10. The Bertz CT molecular complexity index is 4230. The van der Waals surface area contributed by atoms with Crippen LogP contribution in [0.3, 0.4) is 0 Å². The lowest BCUT2D eigenvalue weighted by Crippen LogP contribution is -2.74. The SMILES string of the molecule is c1ccc([Si](c2ccccc2)(c2cccc(-c3ccnc(-c4cccc(-n5c6ccccc6c6cc(-n7c8ccccc8c8ccccc87)ccc65)c4)n3)c2)c2cccc3c2oc2ccccc23)cc1. The second-order valence-corrected chi connectivity index (χ2v) is 21.9. The Balaban J connectivity index is 0.898.